The highest BCUT2D eigenvalue weighted by atomic mass is 32.2. The van der Waals surface area contributed by atoms with E-state index in [-0.39, 0.29) is 21.6 Å². The number of hydrogen-bond acceptors (Lipinski definition) is 10. The number of sulfonamides is 1. The zero-order chi connectivity index (χ0) is 28.3. The zero-order valence-electron chi connectivity index (χ0n) is 20.9. The highest BCUT2D eigenvalue weighted by Gasteiger charge is 2.47. The van der Waals surface area contributed by atoms with Gasteiger partial charge in [-0.2, -0.15) is 23.2 Å². The van der Waals surface area contributed by atoms with Gasteiger partial charge in [0.2, 0.25) is 15.0 Å². The van der Waals surface area contributed by atoms with Gasteiger partial charge in [0.05, 0.1) is 23.5 Å². The summed E-state index contributed by atoms with van der Waals surface area (Å²) >= 11 is 0.298. The summed E-state index contributed by atoms with van der Waals surface area (Å²) in [4.78, 5) is 20.5. The number of carbonyl (C=O) groups excluding carboxylic acids is 1. The zero-order valence-corrected chi connectivity index (χ0v) is 22.5. The third-order valence-corrected chi connectivity index (χ3v) is 9.66. The fourth-order valence-electron chi connectivity index (χ4n) is 4.86. The average molecular weight is 597 g/mol. The van der Waals surface area contributed by atoms with Crippen LogP contribution in [0.4, 0.5) is 18.9 Å². The number of piperazine rings is 1. The van der Waals surface area contributed by atoms with Gasteiger partial charge in [0.25, 0.3) is 5.91 Å². The Bertz CT molecular complexity index is 1610. The first-order chi connectivity index (χ1) is 19.0. The van der Waals surface area contributed by atoms with Crippen LogP contribution in [0.1, 0.15) is 30.7 Å². The molecule has 212 valence electrons. The highest BCUT2D eigenvalue weighted by molar-refractivity contribution is 7.89. The summed E-state index contributed by atoms with van der Waals surface area (Å²) in [6.07, 6.45) is -0.189. The normalized spacial score (nSPS) is 21.1. The lowest BCUT2D eigenvalue weighted by Crippen LogP contribution is -2.51. The van der Waals surface area contributed by atoms with E-state index in [2.05, 4.69) is 19.9 Å². The van der Waals surface area contributed by atoms with Crippen molar-refractivity contribution in [3.05, 3.63) is 23.5 Å². The molecule has 1 atom stereocenters. The predicted octanol–water partition coefficient (Wildman–Crippen LogP) is 2.03. The van der Waals surface area contributed by atoms with Crippen molar-refractivity contribution in [3.8, 4) is 16.9 Å². The summed E-state index contributed by atoms with van der Waals surface area (Å²) in [6.45, 7) is 2.07. The van der Waals surface area contributed by atoms with Gasteiger partial charge in [0, 0.05) is 39.0 Å². The number of anilines is 1. The monoisotopic (exact) mass is 596 g/mol. The molecule has 5 heterocycles. The van der Waals surface area contributed by atoms with E-state index < -0.39 is 32.9 Å². The molecule has 1 aliphatic carbocycles. The molecule has 0 spiro atoms. The van der Waals surface area contributed by atoms with E-state index in [0.717, 1.165) is 6.42 Å². The van der Waals surface area contributed by atoms with Crippen LogP contribution in [0.5, 0.6) is 0 Å². The van der Waals surface area contributed by atoms with Crippen LogP contribution in [0.2, 0.25) is 0 Å². The van der Waals surface area contributed by atoms with Crippen molar-refractivity contribution in [2.24, 2.45) is 0 Å². The Morgan fingerprint density at radius 1 is 1.23 bits per heavy atom. The third kappa shape index (κ3) is 4.89. The largest absolute Gasteiger partial charge is 0.445 e. The lowest BCUT2D eigenvalue weighted by atomic mass is 10.2. The van der Waals surface area contributed by atoms with Gasteiger partial charge in [-0.05, 0) is 31.7 Å². The van der Waals surface area contributed by atoms with Gasteiger partial charge in [-0.3, -0.25) is 9.20 Å². The molecule has 1 N–H and O–H groups in total. The van der Waals surface area contributed by atoms with Crippen molar-refractivity contribution in [3.63, 3.8) is 0 Å². The first-order valence-corrected chi connectivity index (χ1v) is 14.8. The van der Waals surface area contributed by atoms with E-state index in [1.165, 1.54) is 22.9 Å². The van der Waals surface area contributed by atoms with Crippen molar-refractivity contribution in [1.82, 2.24) is 29.2 Å². The topological polar surface area (TPSA) is 146 Å². The number of imidazole rings is 1. The van der Waals surface area contributed by atoms with E-state index >= 15 is 0 Å². The van der Waals surface area contributed by atoms with E-state index in [1.54, 1.807) is 4.90 Å². The summed E-state index contributed by atoms with van der Waals surface area (Å²) in [5, 5.41) is 15.0. The molecule has 17 heteroatoms. The molecule has 1 amide bonds. The fraction of sp³-hybridized carbons (Fsp3) is 0.522. The molecule has 0 radical (unpaired) electrons. The number of fused-ring (bicyclic) bond motifs is 1. The molecule has 0 bridgehead atoms. The summed E-state index contributed by atoms with van der Waals surface area (Å²) in [6, 6.07) is 3.44. The van der Waals surface area contributed by atoms with Crippen molar-refractivity contribution in [2.45, 2.75) is 48.4 Å². The summed E-state index contributed by atoms with van der Waals surface area (Å²) in [7, 11) is -4.19. The highest BCUT2D eigenvalue weighted by Crippen LogP contribution is 2.38. The standard InChI is InChI=1S/C23H23F3N8O4S2/c24-23(25,26)21-30-29-19(39-21)18-28-11-16-15(32-5-7-33(8-6-32)20(35)17-2-1-9-38-17)10-14(12-34(16)18)40(36,37)31-22(13-27)3-4-22/h10-12,17,31H,1-9H2/t17-/m0/s1. The maximum Gasteiger partial charge on any atom is 0.445 e. The molecule has 3 fully saturated rings. The number of rotatable bonds is 6. The van der Waals surface area contributed by atoms with Gasteiger partial charge in [-0.25, -0.2) is 13.4 Å². The van der Waals surface area contributed by atoms with E-state index in [4.69, 9.17) is 4.74 Å². The quantitative estimate of drug-likeness (QED) is 0.452. The second-order valence-electron chi connectivity index (χ2n) is 9.92. The Morgan fingerprint density at radius 3 is 2.58 bits per heavy atom. The van der Waals surface area contributed by atoms with Crippen LogP contribution in [0.15, 0.2) is 23.4 Å². The number of carbonyl (C=O) groups is 1. The molecule has 12 nitrogen and oxygen atoms in total. The Hall–Kier alpha value is -3.33. The third-order valence-electron chi connectivity index (χ3n) is 7.19. The van der Waals surface area contributed by atoms with Gasteiger partial charge in [-0.1, -0.05) is 11.3 Å². The van der Waals surface area contributed by atoms with Gasteiger partial charge < -0.3 is 14.5 Å². The fourth-order valence-corrected chi connectivity index (χ4v) is 6.96. The summed E-state index contributed by atoms with van der Waals surface area (Å²) < 4.78 is 75.7. The van der Waals surface area contributed by atoms with Gasteiger partial charge in [0.15, 0.2) is 10.8 Å². The minimum absolute atomic E-state index is 0.00471. The number of amides is 1. The molecule has 3 aromatic heterocycles. The van der Waals surface area contributed by atoms with Gasteiger partial charge in [0.1, 0.15) is 16.5 Å². The number of pyridine rings is 1. The van der Waals surface area contributed by atoms with Crippen molar-refractivity contribution in [2.75, 3.05) is 37.7 Å². The SMILES string of the molecule is N#CC1(NS(=O)(=O)c2cc(N3CCN(C(=O)[C@@H]4CCCO4)CC3)c3cnc(-c4nnc(C(F)(F)F)s4)n3c2)CC1. The second kappa shape index (κ2) is 9.65. The van der Waals surface area contributed by atoms with Crippen molar-refractivity contribution >= 4 is 38.5 Å². The maximum atomic E-state index is 13.4. The van der Waals surface area contributed by atoms with Crippen molar-refractivity contribution < 1.29 is 31.1 Å². The summed E-state index contributed by atoms with van der Waals surface area (Å²) in [5.74, 6) is -0.0765. The van der Waals surface area contributed by atoms with Crippen LogP contribution in [0, 0.1) is 11.3 Å². The van der Waals surface area contributed by atoms with Gasteiger partial charge >= 0.3 is 6.18 Å². The lowest BCUT2D eigenvalue weighted by Gasteiger charge is -2.37. The molecule has 2 aliphatic heterocycles. The Morgan fingerprint density at radius 2 is 1.98 bits per heavy atom. The Labute approximate surface area is 230 Å². The van der Waals surface area contributed by atoms with E-state index in [1.807, 2.05) is 11.0 Å². The minimum Gasteiger partial charge on any atom is -0.368 e. The van der Waals surface area contributed by atoms with Crippen LogP contribution in [-0.2, 0) is 25.7 Å². The van der Waals surface area contributed by atoms with E-state index in [0.29, 0.717) is 74.6 Å². The van der Waals surface area contributed by atoms with Crippen LogP contribution >= 0.6 is 11.3 Å². The van der Waals surface area contributed by atoms with E-state index in [9.17, 15) is 31.6 Å². The van der Waals surface area contributed by atoms with Crippen LogP contribution < -0.4 is 9.62 Å². The number of aromatic nitrogens is 4. The number of nitrogens with one attached hydrogen (secondary N) is 1. The van der Waals surface area contributed by atoms with Crippen LogP contribution in [0.25, 0.3) is 16.3 Å². The molecular weight excluding hydrogens is 573 g/mol. The second-order valence-corrected chi connectivity index (χ2v) is 12.6. The molecular formula is C23H23F3N8O4S2. The molecule has 0 aromatic carbocycles. The van der Waals surface area contributed by atoms with Crippen molar-refractivity contribution in [1.29, 1.82) is 5.26 Å². The number of hydrogen-bond donors (Lipinski definition) is 1. The maximum absolute atomic E-state index is 13.4. The first kappa shape index (κ1) is 26.9. The number of nitriles is 1. The smallest absolute Gasteiger partial charge is 0.368 e. The molecule has 3 aliphatic rings. The molecule has 2 saturated heterocycles. The number of ether oxygens (including phenoxy) is 1. The predicted molar refractivity (Wildman–Crippen MR) is 135 cm³/mol. The molecule has 6 rings (SSSR count). The first-order valence-electron chi connectivity index (χ1n) is 12.5. The molecule has 1 saturated carbocycles. The average Bonchev–Trinajstić information content (AvgIpc) is 3.38. The minimum atomic E-state index is -4.69. The number of nitrogens with zero attached hydrogens (tertiary/aromatic N) is 7. The summed E-state index contributed by atoms with van der Waals surface area (Å²) in [5.41, 5.74) is -0.271. The van der Waals surface area contributed by atoms with Gasteiger partial charge in [-0.15, -0.1) is 10.2 Å². The van der Waals surface area contributed by atoms with Crippen LogP contribution in [-0.4, -0.2) is 83.2 Å². The Balaban J connectivity index is 1.37. The van der Waals surface area contributed by atoms with Crippen LogP contribution in [0.3, 0.4) is 0 Å². The Kier molecular flexibility index (Phi) is 6.48. The lowest BCUT2D eigenvalue weighted by molar-refractivity contribution is -0.141. The molecule has 0 unspecified atom stereocenters. The molecule has 3 aromatic rings. The number of alkyl halides is 3. The number of halogens is 3. The molecule has 40 heavy (non-hydrogen) atoms.